The number of rotatable bonds is 3. The van der Waals surface area contributed by atoms with Gasteiger partial charge in [-0.15, -0.1) is 11.8 Å². The summed E-state index contributed by atoms with van der Waals surface area (Å²) in [4.78, 5) is 1.34. The normalized spacial score (nSPS) is 25.3. The van der Waals surface area contributed by atoms with Crippen molar-refractivity contribution in [3.8, 4) is 0 Å². The third kappa shape index (κ3) is 3.95. The molecule has 1 aromatic carbocycles. The molecule has 1 nitrogen and oxygen atoms in total. The van der Waals surface area contributed by atoms with Crippen molar-refractivity contribution in [1.29, 1.82) is 0 Å². The lowest BCUT2D eigenvalue weighted by Crippen LogP contribution is -2.18. The number of nitrogens with one attached hydrogen (secondary N) is 1. The largest absolute Gasteiger partial charge is 0.382 e. The Balaban J connectivity index is 1.94. The monoisotopic (exact) mass is 249 g/mol. The van der Waals surface area contributed by atoms with Gasteiger partial charge in [-0.25, -0.2) is 0 Å². The van der Waals surface area contributed by atoms with E-state index in [0.717, 1.165) is 5.92 Å². The molecule has 0 aromatic heterocycles. The Kier molecular flexibility index (Phi) is 4.78. The molecular weight excluding hydrogens is 226 g/mol. The molecule has 2 heteroatoms. The molecule has 0 radical (unpaired) electrons. The summed E-state index contributed by atoms with van der Waals surface area (Å²) in [5, 5.41) is 3.70. The molecule has 17 heavy (non-hydrogen) atoms. The van der Waals surface area contributed by atoms with Crippen molar-refractivity contribution >= 4 is 17.4 Å². The summed E-state index contributed by atoms with van der Waals surface area (Å²) in [5.41, 5.74) is 1.29. The van der Waals surface area contributed by atoms with Crippen molar-refractivity contribution in [2.75, 3.05) is 11.6 Å². The van der Waals surface area contributed by atoms with Gasteiger partial charge in [0.2, 0.25) is 0 Å². The fourth-order valence-electron chi connectivity index (χ4n) is 2.58. The lowest BCUT2D eigenvalue weighted by Gasteiger charge is -2.18. The molecule has 1 aromatic rings. The molecule has 1 aliphatic carbocycles. The van der Waals surface area contributed by atoms with Gasteiger partial charge in [0.15, 0.2) is 0 Å². The van der Waals surface area contributed by atoms with E-state index in [1.54, 1.807) is 0 Å². The summed E-state index contributed by atoms with van der Waals surface area (Å²) < 4.78 is 0. The second kappa shape index (κ2) is 6.34. The Hall–Kier alpha value is -0.630. The summed E-state index contributed by atoms with van der Waals surface area (Å²) in [7, 11) is 0. The molecule has 0 bridgehead atoms. The molecule has 2 unspecified atom stereocenters. The van der Waals surface area contributed by atoms with E-state index in [-0.39, 0.29) is 0 Å². The van der Waals surface area contributed by atoms with Gasteiger partial charge in [-0.1, -0.05) is 25.8 Å². The van der Waals surface area contributed by atoms with E-state index in [1.807, 2.05) is 11.8 Å². The standard InChI is InChI=1S/C15H23NS/c1-12-5-3-6-13(10-9-12)16-14-7-4-8-15(11-14)17-2/h4,7-8,11-13,16H,3,5-6,9-10H2,1-2H3. The van der Waals surface area contributed by atoms with Crippen molar-refractivity contribution < 1.29 is 0 Å². The van der Waals surface area contributed by atoms with Gasteiger partial charge in [0.1, 0.15) is 0 Å². The average molecular weight is 249 g/mol. The molecule has 0 amide bonds. The highest BCUT2D eigenvalue weighted by Gasteiger charge is 2.15. The average Bonchev–Trinajstić information content (AvgIpc) is 2.55. The quantitative estimate of drug-likeness (QED) is 0.610. The summed E-state index contributed by atoms with van der Waals surface area (Å²) >= 11 is 1.81. The van der Waals surface area contributed by atoms with Crippen LogP contribution < -0.4 is 5.32 Å². The van der Waals surface area contributed by atoms with Gasteiger partial charge >= 0.3 is 0 Å². The minimum absolute atomic E-state index is 0.678. The zero-order chi connectivity index (χ0) is 12.1. The van der Waals surface area contributed by atoms with Crippen LogP contribution in [0.3, 0.4) is 0 Å². The number of hydrogen-bond acceptors (Lipinski definition) is 2. The smallest absolute Gasteiger partial charge is 0.0353 e. The predicted octanol–water partition coefficient (Wildman–Crippen LogP) is 4.79. The number of hydrogen-bond donors (Lipinski definition) is 1. The molecule has 0 aliphatic heterocycles. The maximum Gasteiger partial charge on any atom is 0.0353 e. The molecule has 2 atom stereocenters. The molecule has 2 rings (SSSR count). The van der Waals surface area contributed by atoms with E-state index in [0.29, 0.717) is 6.04 Å². The molecule has 1 N–H and O–H groups in total. The van der Waals surface area contributed by atoms with Crippen LogP contribution in [0.15, 0.2) is 29.2 Å². The van der Waals surface area contributed by atoms with Crippen LogP contribution in [0.2, 0.25) is 0 Å². The van der Waals surface area contributed by atoms with E-state index >= 15 is 0 Å². The molecule has 0 saturated heterocycles. The zero-order valence-corrected chi connectivity index (χ0v) is 11.7. The van der Waals surface area contributed by atoms with Crippen LogP contribution in [0, 0.1) is 5.92 Å². The summed E-state index contributed by atoms with van der Waals surface area (Å²) in [6.07, 6.45) is 8.94. The molecular formula is C15H23NS. The van der Waals surface area contributed by atoms with Crippen LogP contribution >= 0.6 is 11.8 Å². The Labute approximate surface area is 109 Å². The number of thioether (sulfide) groups is 1. The second-order valence-electron chi connectivity index (χ2n) is 5.19. The Morgan fingerprint density at radius 2 is 2.06 bits per heavy atom. The SMILES string of the molecule is CSc1cccc(NC2CCCC(C)CC2)c1. The first kappa shape index (κ1) is 12.8. The fraction of sp³-hybridized carbons (Fsp3) is 0.600. The lowest BCUT2D eigenvalue weighted by molar-refractivity contribution is 0.502. The highest BCUT2D eigenvalue weighted by Crippen LogP contribution is 2.26. The van der Waals surface area contributed by atoms with Gasteiger partial charge in [-0.2, -0.15) is 0 Å². The fourth-order valence-corrected chi connectivity index (χ4v) is 3.04. The highest BCUT2D eigenvalue weighted by atomic mass is 32.2. The van der Waals surface area contributed by atoms with Crippen molar-refractivity contribution in [2.24, 2.45) is 5.92 Å². The van der Waals surface area contributed by atoms with Crippen LogP contribution in [-0.2, 0) is 0 Å². The topological polar surface area (TPSA) is 12.0 Å². The number of anilines is 1. The van der Waals surface area contributed by atoms with Gasteiger partial charge < -0.3 is 5.32 Å². The van der Waals surface area contributed by atoms with Gasteiger partial charge in [0.05, 0.1) is 0 Å². The third-order valence-corrected chi connectivity index (χ3v) is 4.42. The number of benzene rings is 1. The summed E-state index contributed by atoms with van der Waals surface area (Å²) in [6, 6.07) is 9.45. The zero-order valence-electron chi connectivity index (χ0n) is 10.9. The minimum atomic E-state index is 0.678. The van der Waals surface area contributed by atoms with Crippen molar-refractivity contribution in [1.82, 2.24) is 0 Å². The molecule has 0 heterocycles. The van der Waals surface area contributed by atoms with Gasteiger partial charge in [0, 0.05) is 16.6 Å². The third-order valence-electron chi connectivity index (χ3n) is 3.70. The summed E-state index contributed by atoms with van der Waals surface area (Å²) in [6.45, 7) is 2.39. The molecule has 1 saturated carbocycles. The van der Waals surface area contributed by atoms with Crippen LogP contribution in [0.4, 0.5) is 5.69 Å². The van der Waals surface area contributed by atoms with Crippen LogP contribution in [0.5, 0.6) is 0 Å². The van der Waals surface area contributed by atoms with Crippen molar-refractivity contribution in [3.63, 3.8) is 0 Å². The minimum Gasteiger partial charge on any atom is -0.382 e. The Morgan fingerprint density at radius 1 is 1.18 bits per heavy atom. The van der Waals surface area contributed by atoms with Gasteiger partial charge in [-0.3, -0.25) is 0 Å². The van der Waals surface area contributed by atoms with E-state index < -0.39 is 0 Å². The van der Waals surface area contributed by atoms with E-state index in [2.05, 4.69) is 42.8 Å². The van der Waals surface area contributed by atoms with Crippen molar-refractivity contribution in [3.05, 3.63) is 24.3 Å². The summed E-state index contributed by atoms with van der Waals surface area (Å²) in [5.74, 6) is 0.916. The first-order valence-electron chi connectivity index (χ1n) is 6.68. The lowest BCUT2D eigenvalue weighted by atomic mass is 10.0. The molecule has 0 spiro atoms. The molecule has 1 fully saturated rings. The maximum absolute atomic E-state index is 3.70. The maximum atomic E-state index is 3.70. The van der Waals surface area contributed by atoms with E-state index in [9.17, 15) is 0 Å². The van der Waals surface area contributed by atoms with Crippen LogP contribution in [-0.4, -0.2) is 12.3 Å². The Morgan fingerprint density at radius 3 is 2.88 bits per heavy atom. The predicted molar refractivity (Wildman–Crippen MR) is 77.9 cm³/mol. The van der Waals surface area contributed by atoms with E-state index in [1.165, 1.54) is 42.7 Å². The first-order valence-corrected chi connectivity index (χ1v) is 7.91. The van der Waals surface area contributed by atoms with Gasteiger partial charge in [0.25, 0.3) is 0 Å². The highest BCUT2D eigenvalue weighted by molar-refractivity contribution is 7.98. The molecule has 1 aliphatic rings. The first-order chi connectivity index (χ1) is 8.28. The van der Waals surface area contributed by atoms with Crippen LogP contribution in [0.25, 0.3) is 0 Å². The molecule has 94 valence electrons. The Bertz CT molecular complexity index is 351. The van der Waals surface area contributed by atoms with Crippen molar-refractivity contribution in [2.45, 2.75) is 50.0 Å². The van der Waals surface area contributed by atoms with Crippen LogP contribution in [0.1, 0.15) is 39.0 Å². The van der Waals surface area contributed by atoms with Gasteiger partial charge in [-0.05, 0) is 49.6 Å². The second-order valence-corrected chi connectivity index (χ2v) is 6.07. The van der Waals surface area contributed by atoms with E-state index in [4.69, 9.17) is 0 Å².